The van der Waals surface area contributed by atoms with E-state index in [0.29, 0.717) is 12.1 Å². The van der Waals surface area contributed by atoms with Gasteiger partial charge >= 0.3 is 0 Å². The smallest absolute Gasteiger partial charge is 0.233 e. The maximum absolute atomic E-state index is 14.1. The second-order valence-electron chi connectivity index (χ2n) is 6.59. The highest BCUT2D eigenvalue weighted by Gasteiger charge is 2.58. The fourth-order valence-corrected chi connectivity index (χ4v) is 4.25. The Balaban J connectivity index is 1.41. The lowest BCUT2D eigenvalue weighted by Gasteiger charge is -2.17. The Hall–Kier alpha value is -2.31. The number of hydrogen-bond donors (Lipinski definition) is 1. The maximum Gasteiger partial charge on any atom is 0.233 e. The number of fused-ring (bicyclic) bond motifs is 5. The van der Waals surface area contributed by atoms with Crippen LogP contribution >= 0.6 is 0 Å². The van der Waals surface area contributed by atoms with Gasteiger partial charge in [0.15, 0.2) is 11.6 Å². The quantitative estimate of drug-likeness (QED) is 0.652. The molecule has 2 bridgehead atoms. The zero-order valence-electron chi connectivity index (χ0n) is 13.4. The van der Waals surface area contributed by atoms with Gasteiger partial charge in [0.2, 0.25) is 11.8 Å². The maximum atomic E-state index is 14.1. The molecule has 1 saturated heterocycles. The van der Waals surface area contributed by atoms with Crippen LogP contribution < -0.4 is 5.32 Å². The highest BCUT2D eigenvalue weighted by Crippen LogP contribution is 2.52. The van der Waals surface area contributed by atoms with Crippen molar-refractivity contribution in [1.29, 1.82) is 0 Å². The molecule has 7 heteroatoms. The Morgan fingerprint density at radius 3 is 2.50 bits per heavy atom. The first kappa shape index (κ1) is 15.2. The fourth-order valence-electron chi connectivity index (χ4n) is 4.25. The molecular weight excluding hydrogens is 311 g/mol. The molecule has 0 radical (unpaired) electrons. The second kappa shape index (κ2) is 5.65. The molecule has 2 fully saturated rings. The summed E-state index contributed by atoms with van der Waals surface area (Å²) in [5.41, 5.74) is 0.345. The molecule has 1 saturated carbocycles. The molecule has 24 heavy (non-hydrogen) atoms. The predicted octanol–water partition coefficient (Wildman–Crippen LogP) is 1.40. The first-order valence-electron chi connectivity index (χ1n) is 8.38. The number of nitrogens with one attached hydrogen (secondary N) is 1. The zero-order valence-corrected chi connectivity index (χ0v) is 13.4. The molecule has 1 aliphatic heterocycles. The average Bonchev–Trinajstić information content (AvgIpc) is 3.25. The highest BCUT2D eigenvalue weighted by atomic mass is 19.1. The van der Waals surface area contributed by atoms with E-state index < -0.39 is 5.82 Å². The van der Waals surface area contributed by atoms with Gasteiger partial charge in [-0.2, -0.15) is 0 Å². The van der Waals surface area contributed by atoms with Crippen LogP contribution in [0.4, 0.5) is 10.2 Å². The average molecular weight is 330 g/mol. The van der Waals surface area contributed by atoms with E-state index in [1.807, 2.05) is 6.92 Å². The molecule has 2 heterocycles. The first-order chi connectivity index (χ1) is 11.6. The van der Waals surface area contributed by atoms with Gasteiger partial charge in [-0.25, -0.2) is 14.4 Å². The van der Waals surface area contributed by atoms with Gasteiger partial charge in [0.1, 0.15) is 6.33 Å². The summed E-state index contributed by atoms with van der Waals surface area (Å²) in [6.45, 7) is 2.32. The summed E-state index contributed by atoms with van der Waals surface area (Å²) in [4.78, 5) is 34.2. The van der Waals surface area contributed by atoms with Crippen molar-refractivity contribution in [2.45, 2.75) is 19.8 Å². The van der Waals surface area contributed by atoms with Crippen molar-refractivity contribution in [1.82, 2.24) is 14.9 Å². The number of carbonyl (C=O) groups excluding carboxylic acids is 2. The molecule has 0 spiro atoms. The molecule has 0 aromatic carbocycles. The Kier molecular flexibility index (Phi) is 3.58. The molecule has 2 amide bonds. The molecule has 126 valence electrons. The van der Waals surface area contributed by atoms with Crippen LogP contribution in [0.15, 0.2) is 18.5 Å². The number of anilines is 1. The monoisotopic (exact) mass is 330 g/mol. The van der Waals surface area contributed by atoms with Crippen LogP contribution in [0, 0.1) is 29.5 Å². The minimum Gasteiger partial charge on any atom is -0.366 e. The topological polar surface area (TPSA) is 75.2 Å². The number of amides is 2. The third-order valence-electron chi connectivity index (χ3n) is 5.39. The second-order valence-corrected chi connectivity index (χ2v) is 6.59. The van der Waals surface area contributed by atoms with Gasteiger partial charge in [0, 0.05) is 13.1 Å². The molecule has 1 aromatic heterocycles. The number of carbonyl (C=O) groups is 2. The van der Waals surface area contributed by atoms with Crippen LogP contribution in [0.2, 0.25) is 0 Å². The minimum absolute atomic E-state index is 0.0824. The summed E-state index contributed by atoms with van der Waals surface area (Å²) in [7, 11) is 0. The summed E-state index contributed by atoms with van der Waals surface area (Å²) in [5.74, 6) is -0.477. The van der Waals surface area contributed by atoms with Crippen LogP contribution in [-0.4, -0.2) is 39.8 Å². The number of likely N-dealkylation sites (tertiary alicyclic amines) is 1. The molecule has 4 atom stereocenters. The van der Waals surface area contributed by atoms with Crippen LogP contribution in [0.5, 0.6) is 0 Å². The lowest BCUT2D eigenvalue weighted by molar-refractivity contribution is -0.140. The van der Waals surface area contributed by atoms with E-state index >= 15 is 0 Å². The van der Waals surface area contributed by atoms with Gasteiger partial charge in [-0.1, -0.05) is 19.1 Å². The number of aryl methyl sites for hydroxylation is 1. The number of imide groups is 1. The molecule has 3 aliphatic rings. The van der Waals surface area contributed by atoms with Gasteiger partial charge in [0.05, 0.1) is 17.5 Å². The van der Waals surface area contributed by atoms with Crippen molar-refractivity contribution in [3.8, 4) is 0 Å². The zero-order chi connectivity index (χ0) is 16.8. The number of nitrogens with zero attached hydrogens (tertiary/aromatic N) is 3. The Morgan fingerprint density at radius 2 is 1.88 bits per heavy atom. The number of aromatic nitrogens is 2. The van der Waals surface area contributed by atoms with E-state index in [1.54, 1.807) is 0 Å². The lowest BCUT2D eigenvalue weighted by Crippen LogP contribution is -2.36. The molecule has 4 unspecified atom stereocenters. The van der Waals surface area contributed by atoms with Crippen LogP contribution in [-0.2, 0) is 16.0 Å². The lowest BCUT2D eigenvalue weighted by atomic mass is 9.85. The summed E-state index contributed by atoms with van der Waals surface area (Å²) < 4.78 is 14.1. The van der Waals surface area contributed by atoms with E-state index in [2.05, 4.69) is 27.4 Å². The molecular formula is C17H19FN4O2. The van der Waals surface area contributed by atoms with Gasteiger partial charge in [-0.05, 0) is 24.7 Å². The largest absolute Gasteiger partial charge is 0.366 e. The number of allylic oxidation sites excluding steroid dienone is 2. The van der Waals surface area contributed by atoms with Crippen LogP contribution in [0.1, 0.15) is 19.0 Å². The third-order valence-corrected chi connectivity index (χ3v) is 5.39. The predicted molar refractivity (Wildman–Crippen MR) is 84.3 cm³/mol. The summed E-state index contributed by atoms with van der Waals surface area (Å²) in [6, 6.07) is 0. The van der Waals surface area contributed by atoms with Crippen molar-refractivity contribution in [2.75, 3.05) is 18.4 Å². The molecule has 2 aliphatic carbocycles. The standard InChI is InChI=1S/C17H19FN4O2/c1-2-11-14(18)15(21-8-20-11)19-5-6-22-16(23)12-9-3-4-10(7-9)13(12)17(22)24/h3-4,8-10,12-13H,2,5-7H2,1H3,(H,19,20,21). The van der Waals surface area contributed by atoms with Gasteiger partial charge in [-0.15, -0.1) is 0 Å². The van der Waals surface area contributed by atoms with Crippen molar-refractivity contribution in [3.63, 3.8) is 0 Å². The van der Waals surface area contributed by atoms with E-state index in [1.165, 1.54) is 11.2 Å². The van der Waals surface area contributed by atoms with Gasteiger partial charge < -0.3 is 5.32 Å². The first-order valence-corrected chi connectivity index (χ1v) is 8.38. The number of halogens is 1. The number of rotatable bonds is 5. The van der Waals surface area contributed by atoms with E-state index in [-0.39, 0.29) is 54.4 Å². The SMILES string of the molecule is CCc1ncnc(NCCN2C(=O)C3C4C=CC(C4)C3C2=O)c1F. The highest BCUT2D eigenvalue weighted by molar-refractivity contribution is 6.06. The Bertz CT molecular complexity index is 705. The van der Waals surface area contributed by atoms with Crippen molar-refractivity contribution >= 4 is 17.6 Å². The Labute approximate surface area is 139 Å². The summed E-state index contributed by atoms with van der Waals surface area (Å²) in [5, 5.41) is 2.87. The van der Waals surface area contributed by atoms with Crippen molar-refractivity contribution < 1.29 is 14.0 Å². The van der Waals surface area contributed by atoms with Crippen LogP contribution in [0.3, 0.4) is 0 Å². The summed E-state index contributed by atoms with van der Waals surface area (Å²) >= 11 is 0. The number of hydrogen-bond acceptors (Lipinski definition) is 5. The minimum atomic E-state index is -0.474. The van der Waals surface area contributed by atoms with Gasteiger partial charge in [0.25, 0.3) is 0 Å². The van der Waals surface area contributed by atoms with E-state index in [9.17, 15) is 14.0 Å². The fraction of sp³-hybridized carbons (Fsp3) is 0.529. The normalized spacial score (nSPS) is 30.3. The molecule has 1 N–H and O–H groups in total. The van der Waals surface area contributed by atoms with Crippen LogP contribution in [0.25, 0.3) is 0 Å². The molecule has 4 rings (SSSR count). The Morgan fingerprint density at radius 1 is 1.21 bits per heavy atom. The van der Waals surface area contributed by atoms with E-state index in [0.717, 1.165) is 6.42 Å². The molecule has 1 aromatic rings. The van der Waals surface area contributed by atoms with E-state index in [4.69, 9.17) is 0 Å². The van der Waals surface area contributed by atoms with Crippen molar-refractivity contribution in [2.24, 2.45) is 23.7 Å². The van der Waals surface area contributed by atoms with Gasteiger partial charge in [-0.3, -0.25) is 14.5 Å². The summed E-state index contributed by atoms with van der Waals surface area (Å²) in [6.07, 6.45) is 6.85. The third kappa shape index (κ3) is 2.14. The molecule has 6 nitrogen and oxygen atoms in total. The van der Waals surface area contributed by atoms with Crippen molar-refractivity contribution in [3.05, 3.63) is 30.0 Å².